The lowest BCUT2D eigenvalue weighted by Crippen LogP contribution is -2.56. The average Bonchev–Trinajstić information content (AvgIpc) is 2.45. The van der Waals surface area contributed by atoms with E-state index in [4.69, 9.17) is 4.74 Å². The van der Waals surface area contributed by atoms with Gasteiger partial charge in [0.25, 0.3) is 0 Å². The van der Waals surface area contributed by atoms with Crippen LogP contribution in [0.1, 0.15) is 40.0 Å². The van der Waals surface area contributed by atoms with Crippen molar-refractivity contribution in [1.82, 2.24) is 20.2 Å². The number of likely N-dealkylation sites (tertiary alicyclic amines) is 1. The number of piperidine rings is 1. The van der Waals surface area contributed by atoms with Crippen molar-refractivity contribution in [2.24, 2.45) is 0 Å². The quantitative estimate of drug-likeness (QED) is 0.856. The molecule has 2 aliphatic heterocycles. The number of hydrazine groups is 1. The second-order valence-electron chi connectivity index (χ2n) is 7.48. The number of carbonyl (C=O) groups is 1. The van der Waals surface area contributed by atoms with Crippen LogP contribution in [-0.4, -0.2) is 78.9 Å². The maximum absolute atomic E-state index is 12.4. The molecule has 128 valence electrons. The van der Waals surface area contributed by atoms with Crippen LogP contribution in [-0.2, 0) is 4.74 Å². The monoisotopic (exact) mass is 312 g/mol. The first-order chi connectivity index (χ1) is 10.3. The van der Waals surface area contributed by atoms with Crippen LogP contribution in [0.4, 0.5) is 4.79 Å². The third-order valence-electron chi connectivity index (χ3n) is 4.31. The van der Waals surface area contributed by atoms with Crippen LogP contribution in [0, 0.1) is 0 Å². The van der Waals surface area contributed by atoms with Crippen molar-refractivity contribution in [3.63, 3.8) is 0 Å². The summed E-state index contributed by atoms with van der Waals surface area (Å²) >= 11 is 0. The van der Waals surface area contributed by atoms with E-state index in [0.29, 0.717) is 0 Å². The number of amides is 1. The zero-order chi connectivity index (χ0) is 16.2. The number of likely N-dealkylation sites (N-methyl/N-ethyl adjacent to an activating group) is 1. The van der Waals surface area contributed by atoms with Crippen LogP contribution in [0.5, 0.6) is 0 Å². The van der Waals surface area contributed by atoms with E-state index in [1.54, 1.807) is 0 Å². The number of ether oxygens (including phenoxy) is 1. The lowest BCUT2D eigenvalue weighted by atomic mass is 10.0. The van der Waals surface area contributed by atoms with E-state index >= 15 is 0 Å². The van der Waals surface area contributed by atoms with Crippen molar-refractivity contribution < 1.29 is 9.53 Å². The molecule has 2 heterocycles. The molecule has 2 rings (SSSR count). The summed E-state index contributed by atoms with van der Waals surface area (Å²) < 4.78 is 5.55. The summed E-state index contributed by atoms with van der Waals surface area (Å²) in [5.74, 6) is 0. The Balaban J connectivity index is 1.83. The Morgan fingerprint density at radius 3 is 2.45 bits per heavy atom. The van der Waals surface area contributed by atoms with E-state index in [0.717, 1.165) is 52.1 Å². The van der Waals surface area contributed by atoms with Gasteiger partial charge in [-0.3, -0.25) is 5.43 Å². The highest BCUT2D eigenvalue weighted by atomic mass is 16.6. The van der Waals surface area contributed by atoms with Gasteiger partial charge in [-0.1, -0.05) is 0 Å². The van der Waals surface area contributed by atoms with Gasteiger partial charge in [-0.05, 0) is 47.1 Å². The smallest absolute Gasteiger partial charge is 0.410 e. The maximum atomic E-state index is 12.4. The van der Waals surface area contributed by atoms with E-state index in [1.807, 2.05) is 25.7 Å². The molecule has 1 unspecified atom stereocenters. The van der Waals surface area contributed by atoms with Gasteiger partial charge in [-0.15, -0.1) is 0 Å². The zero-order valence-corrected chi connectivity index (χ0v) is 14.6. The molecule has 0 aliphatic carbocycles. The summed E-state index contributed by atoms with van der Waals surface area (Å²) in [6.07, 6.45) is 3.15. The molecule has 0 aromatic heterocycles. The van der Waals surface area contributed by atoms with Gasteiger partial charge in [0.2, 0.25) is 0 Å². The standard InChI is InChI=1S/C16H32N4O2/c1-16(2,3)22-15(21)20-8-6-5-7-14(20)13-17-19-11-9-18(4)10-12-19/h14,17H,5-13H2,1-4H3. The molecular weight excluding hydrogens is 280 g/mol. The normalized spacial score (nSPS) is 25.3. The van der Waals surface area contributed by atoms with Crippen LogP contribution in [0.3, 0.4) is 0 Å². The third-order valence-corrected chi connectivity index (χ3v) is 4.31. The van der Waals surface area contributed by atoms with Gasteiger partial charge in [0.1, 0.15) is 5.60 Å². The molecule has 2 saturated heterocycles. The number of nitrogens with one attached hydrogen (secondary N) is 1. The number of carbonyl (C=O) groups excluding carboxylic acids is 1. The van der Waals surface area contributed by atoms with Crippen molar-refractivity contribution >= 4 is 6.09 Å². The summed E-state index contributed by atoms with van der Waals surface area (Å²) in [5, 5.41) is 2.28. The molecular formula is C16H32N4O2. The predicted molar refractivity (Wildman–Crippen MR) is 87.7 cm³/mol. The van der Waals surface area contributed by atoms with E-state index < -0.39 is 5.60 Å². The second-order valence-corrected chi connectivity index (χ2v) is 7.48. The molecule has 0 spiro atoms. The molecule has 6 nitrogen and oxygen atoms in total. The van der Waals surface area contributed by atoms with Gasteiger partial charge in [-0.25, -0.2) is 9.80 Å². The van der Waals surface area contributed by atoms with Crippen molar-refractivity contribution in [3.8, 4) is 0 Å². The highest BCUT2D eigenvalue weighted by Gasteiger charge is 2.30. The molecule has 22 heavy (non-hydrogen) atoms. The predicted octanol–water partition coefficient (Wildman–Crippen LogP) is 1.53. The Morgan fingerprint density at radius 1 is 1.14 bits per heavy atom. The number of nitrogens with zero attached hydrogens (tertiary/aromatic N) is 3. The molecule has 6 heteroatoms. The van der Waals surface area contributed by atoms with Crippen molar-refractivity contribution in [3.05, 3.63) is 0 Å². The lowest BCUT2D eigenvalue weighted by Gasteiger charge is -2.39. The Bertz CT molecular complexity index is 362. The van der Waals surface area contributed by atoms with E-state index in [1.165, 1.54) is 6.42 Å². The molecule has 1 amide bonds. The van der Waals surface area contributed by atoms with Gasteiger partial charge >= 0.3 is 6.09 Å². The Hall–Kier alpha value is -0.850. The Morgan fingerprint density at radius 2 is 1.82 bits per heavy atom. The van der Waals surface area contributed by atoms with Crippen LogP contribution in [0.2, 0.25) is 0 Å². The number of hydrogen-bond acceptors (Lipinski definition) is 5. The van der Waals surface area contributed by atoms with Crippen molar-refractivity contribution in [2.75, 3.05) is 46.3 Å². The first-order valence-corrected chi connectivity index (χ1v) is 8.52. The molecule has 0 aromatic rings. The number of piperazine rings is 1. The minimum Gasteiger partial charge on any atom is -0.444 e. The summed E-state index contributed by atoms with van der Waals surface area (Å²) in [6.45, 7) is 11.7. The fourth-order valence-corrected chi connectivity index (χ4v) is 2.97. The fourth-order valence-electron chi connectivity index (χ4n) is 2.97. The second kappa shape index (κ2) is 7.62. The average molecular weight is 312 g/mol. The minimum atomic E-state index is -0.427. The van der Waals surface area contributed by atoms with Gasteiger partial charge in [0, 0.05) is 45.3 Å². The Labute approximate surface area is 134 Å². The maximum Gasteiger partial charge on any atom is 0.410 e. The first-order valence-electron chi connectivity index (χ1n) is 8.52. The van der Waals surface area contributed by atoms with E-state index in [9.17, 15) is 4.79 Å². The van der Waals surface area contributed by atoms with Crippen LogP contribution < -0.4 is 5.43 Å². The summed E-state index contributed by atoms with van der Waals surface area (Å²) in [7, 11) is 2.16. The first kappa shape index (κ1) is 17.5. The summed E-state index contributed by atoms with van der Waals surface area (Å²) in [4.78, 5) is 16.6. The van der Waals surface area contributed by atoms with Crippen LogP contribution in [0.25, 0.3) is 0 Å². The molecule has 1 N–H and O–H groups in total. The molecule has 0 bridgehead atoms. The largest absolute Gasteiger partial charge is 0.444 e. The highest BCUT2D eigenvalue weighted by molar-refractivity contribution is 5.68. The molecule has 0 radical (unpaired) electrons. The lowest BCUT2D eigenvalue weighted by molar-refractivity contribution is 0.00557. The Kier molecular flexibility index (Phi) is 6.06. The minimum absolute atomic E-state index is 0.169. The SMILES string of the molecule is CN1CCN(NCC2CCCCN2C(=O)OC(C)(C)C)CC1. The van der Waals surface area contributed by atoms with Gasteiger partial charge in [-0.2, -0.15) is 0 Å². The van der Waals surface area contributed by atoms with Crippen LogP contribution in [0.15, 0.2) is 0 Å². The van der Waals surface area contributed by atoms with Gasteiger partial charge in [0.05, 0.1) is 0 Å². The van der Waals surface area contributed by atoms with E-state index in [2.05, 4.69) is 22.4 Å². The van der Waals surface area contributed by atoms with Gasteiger partial charge in [0.15, 0.2) is 0 Å². The molecule has 2 aliphatic rings. The molecule has 1 atom stereocenters. The number of rotatable bonds is 3. The highest BCUT2D eigenvalue weighted by Crippen LogP contribution is 2.20. The van der Waals surface area contributed by atoms with Crippen molar-refractivity contribution in [2.45, 2.75) is 51.7 Å². The summed E-state index contributed by atoms with van der Waals surface area (Å²) in [6, 6.07) is 0.239. The topological polar surface area (TPSA) is 48.0 Å². The van der Waals surface area contributed by atoms with E-state index in [-0.39, 0.29) is 12.1 Å². The molecule has 0 saturated carbocycles. The van der Waals surface area contributed by atoms with Crippen LogP contribution >= 0.6 is 0 Å². The fraction of sp³-hybridized carbons (Fsp3) is 0.938. The molecule has 2 fully saturated rings. The number of hydrogen-bond donors (Lipinski definition) is 1. The zero-order valence-electron chi connectivity index (χ0n) is 14.6. The summed E-state index contributed by atoms with van der Waals surface area (Å²) in [5.41, 5.74) is 3.09. The third kappa shape index (κ3) is 5.41. The molecule has 0 aromatic carbocycles. The van der Waals surface area contributed by atoms with Crippen molar-refractivity contribution in [1.29, 1.82) is 0 Å². The van der Waals surface area contributed by atoms with Gasteiger partial charge < -0.3 is 14.5 Å².